The number of carbonyl (C=O) groups excluding carboxylic acids is 1. The smallest absolute Gasteiger partial charge is 0.287 e. The Morgan fingerprint density at radius 1 is 1.15 bits per heavy atom. The lowest BCUT2D eigenvalue weighted by Crippen LogP contribution is -2.34. The van der Waals surface area contributed by atoms with Crippen LogP contribution in [0.15, 0.2) is 66.9 Å². The summed E-state index contributed by atoms with van der Waals surface area (Å²) in [6.07, 6.45) is 1.34. The first-order valence-electron chi connectivity index (χ1n) is 8.33. The van der Waals surface area contributed by atoms with Crippen LogP contribution in [0.1, 0.15) is 29.0 Å². The van der Waals surface area contributed by atoms with Crippen molar-refractivity contribution in [3.63, 3.8) is 0 Å². The number of anilines is 1. The molecular weight excluding hydrogens is 366 g/mol. The number of carbonyl (C=O) groups is 1. The molecule has 3 aromatic rings. The minimum absolute atomic E-state index is 0.118. The minimum Gasteiger partial charge on any atom is -0.340 e. The van der Waals surface area contributed by atoms with Crippen LogP contribution in [0.3, 0.4) is 0 Å². The van der Waals surface area contributed by atoms with Gasteiger partial charge in [0.15, 0.2) is 0 Å². The van der Waals surface area contributed by atoms with E-state index in [1.165, 1.54) is 16.8 Å². The number of aryl methyl sites for hydroxylation is 1. The summed E-state index contributed by atoms with van der Waals surface area (Å²) in [7, 11) is 1.62. The Morgan fingerprint density at radius 2 is 1.78 bits per heavy atom. The average Bonchev–Trinajstić information content (AvgIpc) is 3.05. The predicted molar refractivity (Wildman–Crippen MR) is 105 cm³/mol. The van der Waals surface area contributed by atoms with Gasteiger partial charge in [-0.25, -0.2) is 0 Å². The lowest BCUT2D eigenvalue weighted by atomic mass is 10.1. The summed E-state index contributed by atoms with van der Waals surface area (Å²) in [6, 6.07) is 17.5. The molecule has 0 aliphatic carbocycles. The molecule has 0 spiro atoms. The quantitative estimate of drug-likeness (QED) is 0.460. The molecule has 7 heteroatoms. The van der Waals surface area contributed by atoms with Gasteiger partial charge in [-0.05, 0) is 36.8 Å². The second-order valence-electron chi connectivity index (χ2n) is 6.19. The second kappa shape index (κ2) is 7.63. The molecule has 27 heavy (non-hydrogen) atoms. The summed E-state index contributed by atoms with van der Waals surface area (Å²) in [5.74, 6) is -0.320. The third kappa shape index (κ3) is 3.85. The van der Waals surface area contributed by atoms with Crippen LogP contribution >= 0.6 is 11.6 Å². The zero-order valence-electron chi connectivity index (χ0n) is 14.9. The van der Waals surface area contributed by atoms with Crippen LogP contribution in [0.25, 0.3) is 0 Å². The van der Waals surface area contributed by atoms with Crippen molar-refractivity contribution in [1.29, 1.82) is 0 Å². The predicted octanol–water partition coefficient (Wildman–Crippen LogP) is 4.99. The molecule has 0 saturated carbocycles. The number of hydrogen-bond donors (Lipinski definition) is 0. The van der Waals surface area contributed by atoms with Gasteiger partial charge in [0, 0.05) is 23.8 Å². The molecule has 1 aromatic heterocycles. The van der Waals surface area contributed by atoms with Crippen molar-refractivity contribution in [2.45, 2.75) is 13.0 Å². The molecule has 2 aromatic carbocycles. The average molecular weight is 384 g/mol. The van der Waals surface area contributed by atoms with E-state index in [4.69, 9.17) is 11.6 Å². The maximum absolute atomic E-state index is 13.3. The molecule has 1 atom stereocenters. The zero-order valence-corrected chi connectivity index (χ0v) is 15.6. The maximum atomic E-state index is 13.3. The number of para-hydroxylation sites is 1. The van der Waals surface area contributed by atoms with Gasteiger partial charge in [-0.1, -0.05) is 41.9 Å². The van der Waals surface area contributed by atoms with E-state index >= 15 is 0 Å². The van der Waals surface area contributed by atoms with Gasteiger partial charge >= 0.3 is 0 Å². The van der Waals surface area contributed by atoms with Gasteiger partial charge in [0.2, 0.25) is 0 Å². The first-order chi connectivity index (χ1) is 12.9. The molecule has 0 saturated heterocycles. The Labute approximate surface area is 161 Å². The number of nitrogens with zero attached hydrogens (tertiary/aromatic N) is 3. The van der Waals surface area contributed by atoms with E-state index in [0.29, 0.717) is 10.7 Å². The van der Waals surface area contributed by atoms with Crippen LogP contribution < -0.4 is 4.90 Å². The Balaban J connectivity index is 2.06. The van der Waals surface area contributed by atoms with Crippen LogP contribution in [-0.4, -0.2) is 15.4 Å². The molecule has 0 aliphatic rings. The van der Waals surface area contributed by atoms with Crippen molar-refractivity contribution in [1.82, 2.24) is 4.57 Å². The number of hydrogen-bond acceptors (Lipinski definition) is 3. The van der Waals surface area contributed by atoms with E-state index in [-0.39, 0.29) is 23.3 Å². The van der Waals surface area contributed by atoms with Gasteiger partial charge in [-0.2, -0.15) is 0 Å². The summed E-state index contributed by atoms with van der Waals surface area (Å²) in [5, 5.41) is 11.7. The van der Waals surface area contributed by atoms with E-state index in [2.05, 4.69) is 0 Å². The highest BCUT2D eigenvalue weighted by molar-refractivity contribution is 6.30. The first kappa shape index (κ1) is 18.7. The molecule has 1 amide bonds. The molecule has 0 bridgehead atoms. The van der Waals surface area contributed by atoms with E-state index < -0.39 is 4.92 Å². The SMILES string of the molecule is CC(c1ccc(Cl)cc1)N(C(=O)c1cc([N+](=O)[O-])cn1C)c1ccccc1. The third-order valence-electron chi connectivity index (χ3n) is 4.41. The number of halogens is 1. The molecule has 1 unspecified atom stereocenters. The molecule has 0 radical (unpaired) electrons. The first-order valence-corrected chi connectivity index (χ1v) is 8.71. The van der Waals surface area contributed by atoms with E-state index in [0.717, 1.165) is 5.56 Å². The maximum Gasteiger partial charge on any atom is 0.287 e. The van der Waals surface area contributed by atoms with Crippen molar-refractivity contribution in [3.8, 4) is 0 Å². The zero-order chi connectivity index (χ0) is 19.6. The van der Waals surface area contributed by atoms with Crippen molar-refractivity contribution >= 4 is 28.9 Å². The number of aromatic nitrogens is 1. The van der Waals surface area contributed by atoms with Gasteiger partial charge < -0.3 is 4.57 Å². The summed E-state index contributed by atoms with van der Waals surface area (Å²) >= 11 is 5.98. The van der Waals surface area contributed by atoms with Gasteiger partial charge in [0.1, 0.15) is 5.69 Å². The molecule has 138 valence electrons. The minimum atomic E-state index is -0.508. The molecule has 0 fully saturated rings. The molecule has 6 nitrogen and oxygen atoms in total. The fourth-order valence-electron chi connectivity index (χ4n) is 2.98. The van der Waals surface area contributed by atoms with Crippen LogP contribution in [0.5, 0.6) is 0 Å². The fourth-order valence-corrected chi connectivity index (χ4v) is 3.10. The number of amides is 1. The largest absolute Gasteiger partial charge is 0.340 e. The van der Waals surface area contributed by atoms with E-state index in [9.17, 15) is 14.9 Å². The van der Waals surface area contributed by atoms with Crippen LogP contribution in [-0.2, 0) is 7.05 Å². The van der Waals surface area contributed by atoms with Gasteiger partial charge in [0.25, 0.3) is 11.6 Å². The number of nitro groups is 1. The van der Waals surface area contributed by atoms with Crippen molar-refractivity contribution < 1.29 is 9.72 Å². The Hall–Kier alpha value is -3.12. The lowest BCUT2D eigenvalue weighted by molar-refractivity contribution is -0.384. The highest BCUT2D eigenvalue weighted by Gasteiger charge is 2.28. The van der Waals surface area contributed by atoms with Crippen LogP contribution in [0.2, 0.25) is 5.02 Å². The fraction of sp³-hybridized carbons (Fsp3) is 0.150. The molecule has 0 N–H and O–H groups in total. The summed E-state index contributed by atoms with van der Waals surface area (Å²) in [5.41, 5.74) is 1.73. The summed E-state index contributed by atoms with van der Waals surface area (Å²) in [4.78, 5) is 25.5. The second-order valence-corrected chi connectivity index (χ2v) is 6.63. The Bertz CT molecular complexity index is 968. The highest BCUT2D eigenvalue weighted by Crippen LogP contribution is 2.30. The standard InChI is InChI=1S/C20H18ClN3O3/c1-14(15-8-10-16(21)11-9-15)23(17-6-4-3-5-7-17)20(25)19-12-18(24(26)27)13-22(19)2/h3-14H,1-2H3. The third-order valence-corrected chi connectivity index (χ3v) is 4.67. The van der Waals surface area contributed by atoms with Gasteiger partial charge in [-0.3, -0.25) is 19.8 Å². The van der Waals surface area contributed by atoms with Gasteiger partial charge in [0.05, 0.1) is 17.2 Å². The number of benzene rings is 2. The molecule has 1 heterocycles. The lowest BCUT2D eigenvalue weighted by Gasteiger charge is -2.30. The normalized spacial score (nSPS) is 11.8. The van der Waals surface area contributed by atoms with Crippen molar-refractivity contribution in [2.75, 3.05) is 4.90 Å². The monoisotopic (exact) mass is 383 g/mol. The molecule has 0 aliphatic heterocycles. The van der Waals surface area contributed by atoms with Crippen LogP contribution in [0.4, 0.5) is 11.4 Å². The van der Waals surface area contributed by atoms with Crippen LogP contribution in [0, 0.1) is 10.1 Å². The van der Waals surface area contributed by atoms with E-state index in [1.54, 1.807) is 24.1 Å². The van der Waals surface area contributed by atoms with E-state index in [1.807, 2.05) is 49.4 Å². The topological polar surface area (TPSA) is 68.4 Å². The Morgan fingerprint density at radius 3 is 2.33 bits per heavy atom. The Kier molecular flexibility index (Phi) is 5.28. The summed E-state index contributed by atoms with van der Waals surface area (Å²) in [6.45, 7) is 1.91. The highest BCUT2D eigenvalue weighted by atomic mass is 35.5. The number of rotatable bonds is 5. The molecule has 3 rings (SSSR count). The van der Waals surface area contributed by atoms with Crippen molar-refractivity contribution in [3.05, 3.63) is 93.3 Å². The van der Waals surface area contributed by atoms with Crippen molar-refractivity contribution in [2.24, 2.45) is 7.05 Å². The molecular formula is C20H18ClN3O3. The summed E-state index contributed by atoms with van der Waals surface area (Å²) < 4.78 is 1.48. The van der Waals surface area contributed by atoms with Gasteiger partial charge in [-0.15, -0.1) is 0 Å².